The SMILES string of the molecule is Fc1ccc(OCCCN2CCC(NCc3ccccc3)CC2)cc1. The van der Waals surface area contributed by atoms with Crippen molar-refractivity contribution in [3.63, 3.8) is 0 Å². The molecule has 0 saturated carbocycles. The van der Waals surface area contributed by atoms with Crippen LogP contribution < -0.4 is 10.1 Å². The molecule has 0 atom stereocenters. The molecule has 2 aromatic carbocycles. The first-order chi connectivity index (χ1) is 12.3. The molecule has 4 heteroatoms. The van der Waals surface area contributed by atoms with Crippen molar-refractivity contribution in [2.45, 2.75) is 31.8 Å². The summed E-state index contributed by atoms with van der Waals surface area (Å²) in [4.78, 5) is 2.51. The summed E-state index contributed by atoms with van der Waals surface area (Å²) in [7, 11) is 0. The molecule has 0 radical (unpaired) electrons. The van der Waals surface area contributed by atoms with Crippen molar-refractivity contribution in [2.75, 3.05) is 26.2 Å². The third-order valence-corrected chi connectivity index (χ3v) is 4.73. The Morgan fingerprint density at radius 1 is 1.00 bits per heavy atom. The summed E-state index contributed by atoms with van der Waals surface area (Å²) in [5.74, 6) is 0.515. The molecule has 25 heavy (non-hydrogen) atoms. The van der Waals surface area contributed by atoms with Crippen LogP contribution in [0.2, 0.25) is 0 Å². The molecule has 1 N–H and O–H groups in total. The van der Waals surface area contributed by atoms with Crippen LogP contribution in [0.15, 0.2) is 54.6 Å². The van der Waals surface area contributed by atoms with Crippen molar-refractivity contribution in [3.8, 4) is 5.75 Å². The van der Waals surface area contributed by atoms with Crippen LogP contribution in [0, 0.1) is 5.82 Å². The van der Waals surface area contributed by atoms with Gasteiger partial charge in [0.1, 0.15) is 11.6 Å². The molecular formula is C21H27FN2O. The van der Waals surface area contributed by atoms with Crippen molar-refractivity contribution < 1.29 is 9.13 Å². The number of hydrogen-bond donors (Lipinski definition) is 1. The Morgan fingerprint density at radius 2 is 1.72 bits per heavy atom. The van der Waals surface area contributed by atoms with Crippen molar-refractivity contribution in [3.05, 3.63) is 66.0 Å². The summed E-state index contributed by atoms with van der Waals surface area (Å²) < 4.78 is 18.5. The molecule has 134 valence electrons. The van der Waals surface area contributed by atoms with Gasteiger partial charge in [-0.1, -0.05) is 30.3 Å². The highest BCUT2D eigenvalue weighted by Crippen LogP contribution is 2.13. The van der Waals surface area contributed by atoms with Gasteiger partial charge in [-0.05, 0) is 62.2 Å². The summed E-state index contributed by atoms with van der Waals surface area (Å²) in [5, 5.41) is 3.67. The average molecular weight is 342 g/mol. The van der Waals surface area contributed by atoms with Gasteiger partial charge in [-0.3, -0.25) is 0 Å². The average Bonchev–Trinajstić information content (AvgIpc) is 2.67. The van der Waals surface area contributed by atoms with Crippen molar-refractivity contribution in [1.82, 2.24) is 10.2 Å². The minimum absolute atomic E-state index is 0.226. The van der Waals surface area contributed by atoms with Gasteiger partial charge in [0, 0.05) is 19.1 Å². The van der Waals surface area contributed by atoms with Crippen LogP contribution in [-0.4, -0.2) is 37.2 Å². The summed E-state index contributed by atoms with van der Waals surface area (Å²) >= 11 is 0. The van der Waals surface area contributed by atoms with E-state index in [-0.39, 0.29) is 5.82 Å². The van der Waals surface area contributed by atoms with Gasteiger partial charge >= 0.3 is 0 Å². The fourth-order valence-electron chi connectivity index (χ4n) is 3.23. The third-order valence-electron chi connectivity index (χ3n) is 4.73. The second kappa shape index (κ2) is 9.54. The van der Waals surface area contributed by atoms with E-state index in [9.17, 15) is 4.39 Å². The van der Waals surface area contributed by atoms with Crippen molar-refractivity contribution in [1.29, 1.82) is 0 Å². The normalized spacial score (nSPS) is 16.0. The lowest BCUT2D eigenvalue weighted by molar-refractivity contribution is 0.181. The van der Waals surface area contributed by atoms with E-state index in [1.807, 2.05) is 0 Å². The van der Waals surface area contributed by atoms with E-state index >= 15 is 0 Å². The molecule has 0 spiro atoms. The highest BCUT2D eigenvalue weighted by Gasteiger charge is 2.18. The number of piperidine rings is 1. The summed E-state index contributed by atoms with van der Waals surface area (Å²) in [6, 6.07) is 17.4. The predicted molar refractivity (Wildman–Crippen MR) is 99.3 cm³/mol. The molecule has 0 aliphatic carbocycles. The molecule has 0 aromatic heterocycles. The van der Waals surface area contributed by atoms with Gasteiger partial charge in [0.05, 0.1) is 6.61 Å². The summed E-state index contributed by atoms with van der Waals surface area (Å²) in [6.07, 6.45) is 3.40. The summed E-state index contributed by atoms with van der Waals surface area (Å²) in [5.41, 5.74) is 1.35. The Hall–Kier alpha value is -1.91. The number of rotatable bonds is 8. The van der Waals surface area contributed by atoms with Gasteiger partial charge in [-0.25, -0.2) is 4.39 Å². The highest BCUT2D eigenvalue weighted by atomic mass is 19.1. The predicted octanol–water partition coefficient (Wildman–Crippen LogP) is 3.85. The molecule has 1 fully saturated rings. The quantitative estimate of drug-likeness (QED) is 0.738. The lowest BCUT2D eigenvalue weighted by atomic mass is 10.0. The lowest BCUT2D eigenvalue weighted by Crippen LogP contribution is -2.42. The van der Waals surface area contributed by atoms with Gasteiger partial charge in [0.2, 0.25) is 0 Å². The minimum atomic E-state index is -0.226. The molecule has 2 aromatic rings. The maximum Gasteiger partial charge on any atom is 0.123 e. The van der Waals surface area contributed by atoms with E-state index in [1.54, 1.807) is 12.1 Å². The molecule has 0 amide bonds. The fourth-order valence-corrected chi connectivity index (χ4v) is 3.23. The first-order valence-electron chi connectivity index (χ1n) is 9.17. The maximum absolute atomic E-state index is 12.8. The molecule has 1 heterocycles. The first kappa shape index (κ1) is 17.9. The molecule has 1 aliphatic heterocycles. The van der Waals surface area contributed by atoms with Gasteiger partial charge in [0.15, 0.2) is 0 Å². The summed E-state index contributed by atoms with van der Waals surface area (Å²) in [6.45, 7) is 4.98. The van der Waals surface area contributed by atoms with Crippen LogP contribution in [0.3, 0.4) is 0 Å². The van der Waals surface area contributed by atoms with Gasteiger partial charge in [0.25, 0.3) is 0 Å². The van der Waals surface area contributed by atoms with E-state index in [0.29, 0.717) is 12.6 Å². The molecule has 0 bridgehead atoms. The Kier molecular flexibility index (Phi) is 6.83. The zero-order valence-electron chi connectivity index (χ0n) is 14.7. The lowest BCUT2D eigenvalue weighted by Gasteiger charge is -2.32. The zero-order chi connectivity index (χ0) is 17.3. The number of nitrogens with zero attached hydrogens (tertiary/aromatic N) is 1. The number of halogens is 1. The number of likely N-dealkylation sites (tertiary alicyclic amines) is 1. The largest absolute Gasteiger partial charge is 0.494 e. The fraction of sp³-hybridized carbons (Fsp3) is 0.429. The first-order valence-corrected chi connectivity index (χ1v) is 9.17. The third kappa shape index (κ3) is 6.15. The Labute approximate surface area is 149 Å². The van der Waals surface area contributed by atoms with E-state index < -0.39 is 0 Å². The van der Waals surface area contributed by atoms with Gasteiger partial charge in [-0.2, -0.15) is 0 Å². The van der Waals surface area contributed by atoms with Crippen LogP contribution >= 0.6 is 0 Å². The monoisotopic (exact) mass is 342 g/mol. The molecule has 0 unspecified atom stereocenters. The van der Waals surface area contributed by atoms with E-state index in [0.717, 1.165) is 38.3 Å². The van der Waals surface area contributed by atoms with Crippen LogP contribution in [0.5, 0.6) is 5.75 Å². The van der Waals surface area contributed by atoms with Crippen molar-refractivity contribution in [2.24, 2.45) is 0 Å². The maximum atomic E-state index is 12.8. The molecular weight excluding hydrogens is 315 g/mol. The Morgan fingerprint density at radius 3 is 2.44 bits per heavy atom. The second-order valence-corrected chi connectivity index (χ2v) is 6.64. The number of ether oxygens (including phenoxy) is 1. The van der Waals surface area contributed by atoms with Crippen LogP contribution in [0.1, 0.15) is 24.8 Å². The van der Waals surface area contributed by atoms with Gasteiger partial charge < -0.3 is 15.0 Å². The zero-order valence-corrected chi connectivity index (χ0v) is 14.7. The van der Waals surface area contributed by atoms with Crippen LogP contribution in [-0.2, 0) is 6.54 Å². The molecule has 1 aliphatic rings. The Balaban J connectivity index is 1.27. The van der Waals surface area contributed by atoms with E-state index in [2.05, 4.69) is 40.5 Å². The van der Waals surface area contributed by atoms with E-state index in [1.165, 1.54) is 30.5 Å². The molecule has 3 nitrogen and oxygen atoms in total. The topological polar surface area (TPSA) is 24.5 Å². The van der Waals surface area contributed by atoms with Crippen LogP contribution in [0.4, 0.5) is 4.39 Å². The van der Waals surface area contributed by atoms with E-state index in [4.69, 9.17) is 4.74 Å². The number of benzene rings is 2. The number of hydrogen-bond acceptors (Lipinski definition) is 3. The Bertz CT molecular complexity index is 610. The highest BCUT2D eigenvalue weighted by molar-refractivity contribution is 5.21. The van der Waals surface area contributed by atoms with Crippen LogP contribution in [0.25, 0.3) is 0 Å². The standard InChI is InChI=1S/C21H27FN2O/c22-19-7-9-21(10-8-19)25-16-4-13-24-14-11-20(12-15-24)23-17-18-5-2-1-3-6-18/h1-3,5-10,20,23H,4,11-17H2. The molecule has 1 saturated heterocycles. The minimum Gasteiger partial charge on any atom is -0.494 e. The number of nitrogens with one attached hydrogen (secondary N) is 1. The van der Waals surface area contributed by atoms with Gasteiger partial charge in [-0.15, -0.1) is 0 Å². The molecule has 3 rings (SSSR count). The second-order valence-electron chi connectivity index (χ2n) is 6.64. The van der Waals surface area contributed by atoms with Crippen molar-refractivity contribution >= 4 is 0 Å². The smallest absolute Gasteiger partial charge is 0.123 e.